The molecule has 1 saturated heterocycles. The van der Waals surface area contributed by atoms with Crippen molar-refractivity contribution < 1.29 is 37.0 Å². The van der Waals surface area contributed by atoms with Gasteiger partial charge in [-0.05, 0) is 45.3 Å². The fraction of sp³-hybridized carbons (Fsp3) is 0.786. The normalized spacial score (nSPS) is 21.3. The molecule has 0 N–H and O–H groups in total. The topological polar surface area (TPSA) is 55.1 Å². The zero-order valence-corrected chi connectivity index (χ0v) is 24.2. The average Bonchev–Trinajstić information content (AvgIpc) is 2.91. The van der Waals surface area contributed by atoms with Crippen LogP contribution < -0.4 is 9.57 Å². The Morgan fingerprint density at radius 1 is 1.26 bits per heavy atom. The lowest BCUT2D eigenvalue weighted by atomic mass is 9.80. The highest BCUT2D eigenvalue weighted by Gasteiger charge is 2.41. The van der Waals surface area contributed by atoms with Crippen molar-refractivity contribution >= 4 is 5.91 Å². The van der Waals surface area contributed by atoms with E-state index in [-0.39, 0.29) is 24.6 Å². The van der Waals surface area contributed by atoms with Gasteiger partial charge in [0, 0.05) is 42.0 Å². The number of fused-ring (bicyclic) bond motifs is 1. The summed E-state index contributed by atoms with van der Waals surface area (Å²) in [4.78, 5) is 22.7. The number of likely N-dealkylation sites (N-methyl/N-ethyl adjacent to an activating group) is 1. The molecule has 10 heteroatoms. The zero-order chi connectivity index (χ0) is 28.5. The minimum absolute atomic E-state index is 0.00415. The maximum atomic E-state index is 13.6. The molecule has 1 amide bonds. The first-order valence-corrected chi connectivity index (χ1v) is 13.7. The van der Waals surface area contributed by atoms with Gasteiger partial charge in [-0.15, -0.1) is 0 Å². The Hall–Kier alpha value is -1.91. The zero-order valence-electron chi connectivity index (χ0n) is 24.2. The molecule has 2 aliphatic rings. The summed E-state index contributed by atoms with van der Waals surface area (Å²) in [5.41, 5.74) is -0.206. The smallest absolute Gasteiger partial charge is 0.379 e. The Labute approximate surface area is 226 Å². The molecule has 0 saturated carbocycles. The summed E-state index contributed by atoms with van der Waals surface area (Å²) in [7, 11) is 5.13. The summed E-state index contributed by atoms with van der Waals surface area (Å²) in [6.45, 7) is 11.0. The molecule has 0 radical (unpaired) electrons. The Kier molecular flexibility index (Phi) is 12.3. The van der Waals surface area contributed by atoms with Gasteiger partial charge in [0.1, 0.15) is 12.7 Å². The molecule has 1 fully saturated rings. The highest BCUT2D eigenvalue weighted by molar-refractivity contribution is 5.82. The van der Waals surface area contributed by atoms with Gasteiger partial charge in [-0.25, -0.2) is 0 Å². The van der Waals surface area contributed by atoms with Crippen molar-refractivity contribution in [1.82, 2.24) is 9.80 Å². The van der Waals surface area contributed by atoms with E-state index in [1.807, 2.05) is 13.8 Å². The van der Waals surface area contributed by atoms with Crippen LogP contribution in [0.3, 0.4) is 0 Å². The molecule has 7 nitrogen and oxygen atoms in total. The van der Waals surface area contributed by atoms with Crippen LogP contribution in [-0.4, -0.2) is 75.4 Å². The van der Waals surface area contributed by atoms with Gasteiger partial charge in [-0.3, -0.25) is 9.63 Å². The van der Waals surface area contributed by atoms with E-state index in [0.717, 1.165) is 38.3 Å². The Balaban J connectivity index is 0.00000161. The second kappa shape index (κ2) is 14.5. The van der Waals surface area contributed by atoms with E-state index in [1.54, 1.807) is 12.0 Å². The van der Waals surface area contributed by atoms with E-state index >= 15 is 0 Å². The summed E-state index contributed by atoms with van der Waals surface area (Å²) in [5, 5.41) is 0. The number of carbonyl (C=O) groups is 1. The molecule has 3 heterocycles. The third kappa shape index (κ3) is 8.05. The summed E-state index contributed by atoms with van der Waals surface area (Å²) in [6.07, 6.45) is 1.33. The molecule has 1 aromatic rings. The summed E-state index contributed by atoms with van der Waals surface area (Å²) in [5.74, 6) is -0.00415. The van der Waals surface area contributed by atoms with Crippen LogP contribution in [-0.2, 0) is 33.4 Å². The van der Waals surface area contributed by atoms with Crippen molar-refractivity contribution in [2.45, 2.75) is 91.1 Å². The van der Waals surface area contributed by atoms with Gasteiger partial charge < -0.3 is 19.3 Å². The van der Waals surface area contributed by atoms with E-state index in [0.29, 0.717) is 43.7 Å². The number of pyridine rings is 1. The van der Waals surface area contributed by atoms with Crippen molar-refractivity contribution in [2.75, 3.05) is 47.6 Å². The minimum atomic E-state index is -4.49. The first kappa shape index (κ1) is 32.3. The third-order valence-corrected chi connectivity index (χ3v) is 7.69. The molecule has 2 aliphatic heterocycles. The summed E-state index contributed by atoms with van der Waals surface area (Å²) in [6, 6.07) is 1.43. The number of hydrogen-bond acceptors (Lipinski definition) is 5. The molecule has 3 rings (SSSR count). The molecule has 0 spiro atoms. The van der Waals surface area contributed by atoms with Gasteiger partial charge in [-0.1, -0.05) is 34.1 Å². The second-order valence-corrected chi connectivity index (χ2v) is 10.6. The number of amides is 1. The van der Waals surface area contributed by atoms with Gasteiger partial charge in [-0.2, -0.15) is 13.2 Å². The Morgan fingerprint density at radius 2 is 1.95 bits per heavy atom. The lowest BCUT2D eigenvalue weighted by molar-refractivity contribution is -0.891. The molecule has 0 aliphatic carbocycles. The van der Waals surface area contributed by atoms with Crippen LogP contribution in [0, 0.1) is 5.41 Å². The van der Waals surface area contributed by atoms with Crippen molar-refractivity contribution in [3.63, 3.8) is 0 Å². The van der Waals surface area contributed by atoms with Crippen LogP contribution in [0.25, 0.3) is 0 Å². The SMILES string of the molecule is CCC.CC[C@](C)(CCCN(C)C1CCOCC1OC)C(=O)N1CCc2c(cc(C(F)(F)F)c[n+]2OC)C1. The molecule has 3 atom stereocenters. The van der Waals surface area contributed by atoms with Crippen LogP contribution in [0.2, 0.25) is 0 Å². The quantitative estimate of drug-likeness (QED) is 0.433. The van der Waals surface area contributed by atoms with Gasteiger partial charge >= 0.3 is 6.18 Å². The number of ether oxygens (including phenoxy) is 2. The Bertz CT molecular complexity index is 899. The van der Waals surface area contributed by atoms with Crippen molar-refractivity contribution in [1.29, 1.82) is 0 Å². The molecular weight excluding hydrogens is 499 g/mol. The Morgan fingerprint density at radius 3 is 2.53 bits per heavy atom. The molecule has 38 heavy (non-hydrogen) atoms. The van der Waals surface area contributed by atoms with Crippen LogP contribution in [0.15, 0.2) is 12.3 Å². The molecule has 1 aromatic heterocycles. The monoisotopic (exact) mass is 546 g/mol. The predicted molar refractivity (Wildman–Crippen MR) is 140 cm³/mol. The molecule has 0 aromatic carbocycles. The van der Waals surface area contributed by atoms with E-state index in [2.05, 4.69) is 25.8 Å². The van der Waals surface area contributed by atoms with Gasteiger partial charge in [0.25, 0.3) is 0 Å². The lowest BCUT2D eigenvalue weighted by Gasteiger charge is -2.38. The highest BCUT2D eigenvalue weighted by atomic mass is 19.4. The van der Waals surface area contributed by atoms with Crippen LogP contribution in [0.5, 0.6) is 0 Å². The van der Waals surface area contributed by atoms with Gasteiger partial charge in [0.15, 0.2) is 0 Å². The minimum Gasteiger partial charge on any atom is -0.379 e. The molecule has 2 unspecified atom stereocenters. The number of aromatic nitrogens is 1. The van der Waals surface area contributed by atoms with Crippen LogP contribution in [0.4, 0.5) is 13.2 Å². The van der Waals surface area contributed by atoms with Gasteiger partial charge in [0.05, 0.1) is 25.7 Å². The molecule has 0 bridgehead atoms. The summed E-state index contributed by atoms with van der Waals surface area (Å²) >= 11 is 0. The third-order valence-electron chi connectivity index (χ3n) is 7.69. The number of carbonyl (C=O) groups excluding carboxylic acids is 1. The first-order chi connectivity index (χ1) is 17.9. The largest absolute Gasteiger partial charge is 0.422 e. The van der Waals surface area contributed by atoms with Crippen molar-refractivity contribution in [3.05, 3.63) is 29.1 Å². The van der Waals surface area contributed by atoms with Crippen molar-refractivity contribution in [3.8, 4) is 0 Å². The summed E-state index contributed by atoms with van der Waals surface area (Å²) < 4.78 is 52.5. The number of nitrogens with zero attached hydrogens (tertiary/aromatic N) is 3. The molecule has 218 valence electrons. The van der Waals surface area contributed by atoms with Gasteiger partial charge in [0.2, 0.25) is 17.8 Å². The average molecular weight is 547 g/mol. The van der Waals surface area contributed by atoms with Crippen molar-refractivity contribution in [2.24, 2.45) is 5.41 Å². The number of halogens is 3. The highest BCUT2D eigenvalue weighted by Crippen LogP contribution is 2.34. The van der Waals surface area contributed by atoms with E-state index < -0.39 is 17.2 Å². The fourth-order valence-corrected chi connectivity index (χ4v) is 5.21. The number of hydrogen-bond donors (Lipinski definition) is 0. The number of rotatable bonds is 9. The molecular formula is C28H47F3N3O4+. The number of methoxy groups -OCH3 is 1. The standard InChI is InChI=1S/C25H39F3N3O4.C3H8/c1-6-24(2,10-7-11-29(3)21-9-13-35-17-22(21)33-4)23(32)30-12-8-20-18(15-30)14-19(25(26,27)28)16-31(20)34-5;1-3-2/h14,16,21-22H,6-13,15,17H2,1-5H3;3H2,1-2H3/q+1;/t21?,22?,24-;/m1./s1. The second-order valence-electron chi connectivity index (χ2n) is 10.6. The van der Waals surface area contributed by atoms with E-state index in [1.165, 1.54) is 18.3 Å². The maximum absolute atomic E-state index is 13.6. The lowest BCUT2D eigenvalue weighted by Crippen LogP contribution is -2.52. The van der Waals surface area contributed by atoms with E-state index in [4.69, 9.17) is 14.3 Å². The van der Waals surface area contributed by atoms with Crippen LogP contribution in [0.1, 0.15) is 76.6 Å². The predicted octanol–water partition coefficient (Wildman–Crippen LogP) is 4.28. The van der Waals surface area contributed by atoms with Crippen LogP contribution >= 0.6 is 0 Å². The fourth-order valence-electron chi connectivity index (χ4n) is 5.21. The maximum Gasteiger partial charge on any atom is 0.422 e. The van der Waals surface area contributed by atoms with E-state index in [9.17, 15) is 18.0 Å². The number of alkyl halides is 3. The first-order valence-electron chi connectivity index (χ1n) is 13.7.